The summed E-state index contributed by atoms with van der Waals surface area (Å²) in [5.74, 6) is 0. The number of alkyl halides is 1. The minimum Gasteiger partial charge on any atom is -0.404 e. The predicted molar refractivity (Wildman–Crippen MR) is 162 cm³/mol. The average molecular weight is 541 g/mol. The maximum atomic E-state index is 15.7. The van der Waals surface area contributed by atoms with Crippen LogP contribution in [0.1, 0.15) is 31.9 Å². The highest BCUT2D eigenvalue weighted by molar-refractivity contribution is 6.99. The topological polar surface area (TPSA) is 65.7 Å². The first-order chi connectivity index (χ1) is 18.7. The third-order valence-corrected chi connectivity index (χ3v) is 12.7. The van der Waals surface area contributed by atoms with Crippen molar-refractivity contribution in [2.75, 3.05) is 18.5 Å². The average Bonchev–Trinajstić information content (AvgIpc) is 3.61. The lowest BCUT2D eigenvalue weighted by atomic mass is 10.0. The van der Waals surface area contributed by atoms with Crippen LogP contribution in [-0.2, 0) is 4.43 Å². The van der Waals surface area contributed by atoms with E-state index in [1.54, 1.807) is 6.20 Å². The molecule has 0 radical (unpaired) electrons. The smallest absolute Gasteiger partial charge is 0.261 e. The van der Waals surface area contributed by atoms with Crippen molar-refractivity contribution in [1.29, 1.82) is 0 Å². The van der Waals surface area contributed by atoms with E-state index < -0.39 is 14.5 Å². The second-order valence-electron chi connectivity index (χ2n) is 11.3. The van der Waals surface area contributed by atoms with E-state index in [2.05, 4.69) is 85.4 Å². The summed E-state index contributed by atoms with van der Waals surface area (Å²) in [6, 6.07) is 22.8. The summed E-state index contributed by atoms with van der Waals surface area (Å²) in [7, 11) is -2.80. The number of H-pyrrole nitrogens is 2. The first-order valence-corrected chi connectivity index (χ1v) is 15.4. The Balaban J connectivity index is 1.42. The van der Waals surface area contributed by atoms with Gasteiger partial charge in [-0.1, -0.05) is 81.4 Å². The van der Waals surface area contributed by atoms with Crippen LogP contribution in [-0.4, -0.2) is 42.8 Å². The fourth-order valence-electron chi connectivity index (χ4n) is 5.61. The maximum Gasteiger partial charge on any atom is 0.261 e. The molecule has 5 aromatic rings. The van der Waals surface area contributed by atoms with Gasteiger partial charge in [-0.15, -0.1) is 0 Å². The van der Waals surface area contributed by atoms with Crippen LogP contribution in [0.15, 0.2) is 85.3 Å². The summed E-state index contributed by atoms with van der Waals surface area (Å²) in [4.78, 5) is 3.42. The minimum absolute atomic E-state index is 0.00991. The standard InChI is InChI=1S/C32H37FN4OSi/c1-22-16-29(30-28(24-17-36-37-18-24)20-35-31(30)23(22)2)34-19-25(33)21-38-39(32(3,4)5,26-12-8-6-9-13-26)27-14-10-7-11-15-27/h6-18,20,25,34-35H,19,21H2,1-5H3,(H,36,37). The SMILES string of the molecule is Cc1cc(NCC(F)CO[Si](c2ccccc2)(c2ccccc2)C(C)(C)C)c2c(-c3cn[nH]c3)c[nH]c2c1C. The number of aryl methyl sites for hydroxylation is 2. The van der Waals surface area contributed by atoms with Gasteiger partial charge in [0.25, 0.3) is 8.32 Å². The van der Waals surface area contributed by atoms with Crippen molar-refractivity contribution in [3.8, 4) is 11.1 Å². The first kappa shape index (κ1) is 26.9. The van der Waals surface area contributed by atoms with Gasteiger partial charge in [0.05, 0.1) is 18.3 Å². The molecular formula is C32H37FN4OSi. The molecule has 2 heterocycles. The molecule has 0 saturated heterocycles. The van der Waals surface area contributed by atoms with E-state index in [4.69, 9.17) is 4.43 Å². The number of fused-ring (bicyclic) bond motifs is 1. The molecule has 39 heavy (non-hydrogen) atoms. The number of aromatic nitrogens is 3. The molecule has 2 aromatic heterocycles. The van der Waals surface area contributed by atoms with Crippen molar-refractivity contribution < 1.29 is 8.82 Å². The predicted octanol–water partition coefficient (Wildman–Crippen LogP) is 6.50. The molecule has 0 aliphatic heterocycles. The monoisotopic (exact) mass is 540 g/mol. The zero-order valence-corrected chi connectivity index (χ0v) is 24.3. The summed E-state index contributed by atoms with van der Waals surface area (Å²) in [6.45, 7) is 11.0. The van der Waals surface area contributed by atoms with Crippen LogP contribution in [0.4, 0.5) is 10.1 Å². The number of halogens is 1. The van der Waals surface area contributed by atoms with E-state index in [0.717, 1.165) is 43.7 Å². The van der Waals surface area contributed by atoms with Crippen molar-refractivity contribution in [3.63, 3.8) is 0 Å². The number of aromatic amines is 2. The Morgan fingerprint density at radius 1 is 0.974 bits per heavy atom. The van der Waals surface area contributed by atoms with E-state index in [1.807, 2.05) is 48.8 Å². The lowest BCUT2D eigenvalue weighted by Gasteiger charge is -2.43. The van der Waals surface area contributed by atoms with E-state index in [9.17, 15) is 0 Å². The Bertz CT molecular complexity index is 1490. The van der Waals surface area contributed by atoms with Gasteiger partial charge in [-0.25, -0.2) is 4.39 Å². The van der Waals surface area contributed by atoms with Crippen molar-refractivity contribution in [3.05, 3.63) is 96.4 Å². The molecule has 3 aromatic carbocycles. The number of hydrogen-bond donors (Lipinski definition) is 3. The second kappa shape index (κ2) is 10.8. The Hall–Kier alpha value is -3.68. The van der Waals surface area contributed by atoms with Gasteiger partial charge >= 0.3 is 0 Å². The molecule has 202 valence electrons. The molecule has 0 aliphatic carbocycles. The first-order valence-electron chi connectivity index (χ1n) is 13.5. The van der Waals surface area contributed by atoms with E-state index >= 15 is 4.39 Å². The number of benzene rings is 3. The van der Waals surface area contributed by atoms with Crippen molar-refractivity contribution >= 4 is 35.3 Å². The Labute approximate surface area is 231 Å². The largest absolute Gasteiger partial charge is 0.404 e. The highest BCUT2D eigenvalue weighted by Gasteiger charge is 2.50. The number of hydrogen-bond acceptors (Lipinski definition) is 3. The highest BCUT2D eigenvalue weighted by Crippen LogP contribution is 2.38. The third-order valence-electron chi connectivity index (χ3n) is 7.70. The summed E-state index contributed by atoms with van der Waals surface area (Å²) >= 11 is 0. The Morgan fingerprint density at radius 3 is 2.18 bits per heavy atom. The molecule has 0 saturated carbocycles. The Kier molecular flexibility index (Phi) is 7.47. The maximum absolute atomic E-state index is 15.7. The van der Waals surface area contributed by atoms with Crippen LogP contribution < -0.4 is 15.7 Å². The van der Waals surface area contributed by atoms with Crippen LogP contribution in [0.25, 0.3) is 22.0 Å². The molecule has 5 nitrogen and oxygen atoms in total. The summed E-state index contributed by atoms with van der Waals surface area (Å²) in [6.07, 6.45) is 4.47. The quantitative estimate of drug-likeness (QED) is 0.187. The van der Waals surface area contributed by atoms with Gasteiger partial charge in [0.1, 0.15) is 6.17 Å². The van der Waals surface area contributed by atoms with Crippen LogP contribution >= 0.6 is 0 Å². The van der Waals surface area contributed by atoms with Gasteiger partial charge in [-0.05, 0) is 46.5 Å². The molecule has 0 amide bonds. The molecule has 0 fully saturated rings. The zero-order valence-electron chi connectivity index (χ0n) is 23.3. The van der Waals surface area contributed by atoms with Crippen molar-refractivity contribution in [2.45, 2.75) is 45.8 Å². The van der Waals surface area contributed by atoms with Crippen LogP contribution in [0.3, 0.4) is 0 Å². The molecule has 3 N–H and O–H groups in total. The van der Waals surface area contributed by atoms with Crippen LogP contribution in [0.2, 0.25) is 5.04 Å². The second-order valence-corrected chi connectivity index (χ2v) is 15.6. The van der Waals surface area contributed by atoms with Gasteiger partial charge < -0.3 is 14.7 Å². The molecular weight excluding hydrogens is 503 g/mol. The molecule has 5 rings (SSSR count). The number of nitrogens with one attached hydrogen (secondary N) is 3. The summed E-state index contributed by atoms with van der Waals surface area (Å²) < 4.78 is 22.6. The van der Waals surface area contributed by atoms with Crippen LogP contribution in [0, 0.1) is 13.8 Å². The highest BCUT2D eigenvalue weighted by atomic mass is 28.4. The molecule has 1 unspecified atom stereocenters. The number of rotatable bonds is 9. The molecule has 1 atom stereocenters. The summed E-state index contributed by atoms with van der Waals surface area (Å²) in [5, 5.41) is 13.6. The summed E-state index contributed by atoms with van der Waals surface area (Å²) in [5.41, 5.74) is 6.29. The van der Waals surface area contributed by atoms with E-state index in [1.165, 1.54) is 5.56 Å². The van der Waals surface area contributed by atoms with Crippen LogP contribution in [0.5, 0.6) is 0 Å². The van der Waals surface area contributed by atoms with Crippen molar-refractivity contribution in [2.24, 2.45) is 0 Å². The molecule has 0 spiro atoms. The van der Waals surface area contributed by atoms with Gasteiger partial charge in [0.2, 0.25) is 0 Å². The minimum atomic E-state index is -2.80. The van der Waals surface area contributed by atoms with Gasteiger partial charge in [-0.2, -0.15) is 5.10 Å². The van der Waals surface area contributed by atoms with Crippen molar-refractivity contribution in [1.82, 2.24) is 15.2 Å². The van der Waals surface area contributed by atoms with Gasteiger partial charge in [0, 0.05) is 41.1 Å². The fourth-order valence-corrected chi connectivity index (χ4v) is 10.2. The Morgan fingerprint density at radius 2 is 1.62 bits per heavy atom. The molecule has 0 bridgehead atoms. The van der Waals surface area contributed by atoms with Gasteiger partial charge in [0.15, 0.2) is 0 Å². The normalized spacial score (nSPS) is 13.1. The van der Waals surface area contributed by atoms with Gasteiger partial charge in [-0.3, -0.25) is 5.10 Å². The third kappa shape index (κ3) is 5.04. The molecule has 0 aliphatic rings. The number of nitrogens with zero attached hydrogens (tertiary/aromatic N) is 1. The lowest BCUT2D eigenvalue weighted by molar-refractivity contribution is 0.194. The molecule has 7 heteroatoms. The zero-order chi connectivity index (χ0) is 27.6. The lowest BCUT2D eigenvalue weighted by Crippen LogP contribution is -2.67. The van der Waals surface area contributed by atoms with E-state index in [0.29, 0.717) is 0 Å². The number of anilines is 1. The van der Waals surface area contributed by atoms with E-state index in [-0.39, 0.29) is 18.2 Å². The fraction of sp³-hybridized carbons (Fsp3) is 0.281.